The van der Waals surface area contributed by atoms with E-state index in [9.17, 15) is 4.79 Å². The lowest BCUT2D eigenvalue weighted by Crippen LogP contribution is -2.36. The molecule has 3 rings (SSSR count). The van der Waals surface area contributed by atoms with Gasteiger partial charge in [0, 0.05) is 19.3 Å². The highest BCUT2D eigenvalue weighted by Crippen LogP contribution is 2.27. The van der Waals surface area contributed by atoms with E-state index in [4.69, 9.17) is 9.84 Å². The molecule has 24 heavy (non-hydrogen) atoms. The molecular formula is C17H20N4O3. The second-order valence-electron chi connectivity index (χ2n) is 5.66. The first-order valence-corrected chi connectivity index (χ1v) is 7.88. The molecule has 1 aromatic carbocycles. The number of methoxy groups -OCH3 is 1. The molecule has 0 spiro atoms. The molecular weight excluding hydrogens is 308 g/mol. The van der Waals surface area contributed by atoms with Gasteiger partial charge in [-0.3, -0.25) is 4.79 Å². The largest absolute Gasteiger partial charge is 0.495 e. The van der Waals surface area contributed by atoms with Crippen LogP contribution in [0, 0.1) is 5.92 Å². The number of aliphatic carboxylic acids is 1. The van der Waals surface area contributed by atoms with Gasteiger partial charge < -0.3 is 20.1 Å². The van der Waals surface area contributed by atoms with Crippen LogP contribution in [0.2, 0.25) is 0 Å². The van der Waals surface area contributed by atoms with E-state index in [2.05, 4.69) is 20.2 Å². The highest BCUT2D eigenvalue weighted by Gasteiger charge is 2.25. The Morgan fingerprint density at radius 3 is 2.75 bits per heavy atom. The van der Waals surface area contributed by atoms with Gasteiger partial charge in [-0.25, -0.2) is 4.98 Å². The van der Waals surface area contributed by atoms with Crippen molar-refractivity contribution in [2.45, 2.75) is 12.8 Å². The molecule has 7 nitrogen and oxygen atoms in total. The Kier molecular flexibility index (Phi) is 4.79. The summed E-state index contributed by atoms with van der Waals surface area (Å²) in [5, 5.41) is 12.2. The van der Waals surface area contributed by atoms with Gasteiger partial charge in [0.2, 0.25) is 5.95 Å². The minimum Gasteiger partial charge on any atom is -0.495 e. The van der Waals surface area contributed by atoms with E-state index in [1.807, 2.05) is 30.3 Å². The predicted octanol–water partition coefficient (Wildman–Crippen LogP) is 2.53. The number of hydrogen-bond acceptors (Lipinski definition) is 6. The lowest BCUT2D eigenvalue weighted by molar-refractivity contribution is -0.142. The molecule has 1 aliphatic heterocycles. The quantitative estimate of drug-likeness (QED) is 0.872. The zero-order chi connectivity index (χ0) is 16.9. The van der Waals surface area contributed by atoms with Crippen molar-refractivity contribution in [3.63, 3.8) is 0 Å². The zero-order valence-corrected chi connectivity index (χ0v) is 13.5. The predicted molar refractivity (Wildman–Crippen MR) is 90.9 cm³/mol. The minimum atomic E-state index is -0.712. The average Bonchev–Trinajstić information content (AvgIpc) is 2.62. The molecule has 2 aromatic rings. The lowest BCUT2D eigenvalue weighted by Gasteiger charge is -2.31. The van der Waals surface area contributed by atoms with Crippen molar-refractivity contribution in [1.29, 1.82) is 0 Å². The van der Waals surface area contributed by atoms with Crippen molar-refractivity contribution in [3.05, 3.63) is 36.5 Å². The number of benzene rings is 1. The van der Waals surface area contributed by atoms with Crippen molar-refractivity contribution in [1.82, 2.24) is 9.97 Å². The van der Waals surface area contributed by atoms with E-state index >= 15 is 0 Å². The second-order valence-corrected chi connectivity index (χ2v) is 5.66. The van der Waals surface area contributed by atoms with Crippen molar-refractivity contribution < 1.29 is 14.6 Å². The number of carbonyl (C=O) groups is 1. The standard InChI is InChI=1S/C17H20N4O3/c1-24-14-5-3-2-4-13(14)19-17-18-9-6-15(20-17)21-10-7-12(8-11-21)16(22)23/h2-6,9,12H,7-8,10-11H2,1H3,(H,22,23)(H,18,19,20). The molecule has 1 fully saturated rings. The van der Waals surface area contributed by atoms with Crippen molar-refractivity contribution in [3.8, 4) is 5.75 Å². The van der Waals surface area contributed by atoms with Gasteiger partial charge in [-0.1, -0.05) is 12.1 Å². The highest BCUT2D eigenvalue weighted by molar-refractivity contribution is 5.70. The average molecular weight is 328 g/mol. The first kappa shape index (κ1) is 16.0. The number of nitrogens with zero attached hydrogens (tertiary/aromatic N) is 3. The summed E-state index contributed by atoms with van der Waals surface area (Å²) in [5.74, 6) is 1.03. The number of rotatable bonds is 5. The topological polar surface area (TPSA) is 87.6 Å². The number of carboxylic acid groups (broad SMARTS) is 1. The smallest absolute Gasteiger partial charge is 0.306 e. The molecule has 0 unspecified atom stereocenters. The highest BCUT2D eigenvalue weighted by atomic mass is 16.5. The molecule has 0 aliphatic carbocycles. The van der Waals surface area contributed by atoms with E-state index in [1.165, 1.54) is 0 Å². The van der Waals surface area contributed by atoms with Gasteiger partial charge >= 0.3 is 5.97 Å². The third-order valence-electron chi connectivity index (χ3n) is 4.16. The molecule has 0 atom stereocenters. The third-order valence-corrected chi connectivity index (χ3v) is 4.16. The van der Waals surface area contributed by atoms with E-state index in [0.717, 1.165) is 11.5 Å². The summed E-state index contributed by atoms with van der Waals surface area (Å²) >= 11 is 0. The summed E-state index contributed by atoms with van der Waals surface area (Å²) in [4.78, 5) is 21.9. The Hall–Kier alpha value is -2.83. The van der Waals surface area contributed by atoms with Crippen LogP contribution >= 0.6 is 0 Å². The molecule has 2 N–H and O–H groups in total. The van der Waals surface area contributed by atoms with Gasteiger partial charge in [0.1, 0.15) is 11.6 Å². The van der Waals surface area contributed by atoms with E-state index in [0.29, 0.717) is 37.6 Å². The molecule has 1 saturated heterocycles. The number of para-hydroxylation sites is 2. The summed E-state index contributed by atoms with van der Waals surface area (Å²) in [5.41, 5.74) is 0.793. The van der Waals surface area contributed by atoms with Crippen LogP contribution in [0.1, 0.15) is 12.8 Å². The first-order chi connectivity index (χ1) is 11.7. The fourth-order valence-electron chi connectivity index (χ4n) is 2.81. The summed E-state index contributed by atoms with van der Waals surface area (Å²) < 4.78 is 5.31. The number of carboxylic acids is 1. The van der Waals surface area contributed by atoms with Gasteiger partial charge in [-0.05, 0) is 31.0 Å². The molecule has 1 aromatic heterocycles. The van der Waals surface area contributed by atoms with Gasteiger partial charge in [-0.15, -0.1) is 0 Å². The Morgan fingerprint density at radius 2 is 2.04 bits per heavy atom. The number of hydrogen-bond donors (Lipinski definition) is 2. The summed E-state index contributed by atoms with van der Waals surface area (Å²) in [6, 6.07) is 9.41. The minimum absolute atomic E-state index is 0.255. The normalized spacial score (nSPS) is 15.1. The Bertz CT molecular complexity index is 714. The maximum absolute atomic E-state index is 11.0. The van der Waals surface area contributed by atoms with Gasteiger partial charge in [0.15, 0.2) is 0 Å². The molecule has 0 radical (unpaired) electrons. The van der Waals surface area contributed by atoms with Crippen LogP contribution in [0.25, 0.3) is 0 Å². The SMILES string of the molecule is COc1ccccc1Nc1nccc(N2CCC(C(=O)O)CC2)n1. The Morgan fingerprint density at radius 1 is 1.29 bits per heavy atom. The van der Waals surface area contributed by atoms with Gasteiger partial charge in [0.25, 0.3) is 0 Å². The second kappa shape index (κ2) is 7.16. The van der Waals surface area contributed by atoms with Crippen LogP contribution < -0.4 is 15.0 Å². The van der Waals surface area contributed by atoms with Crippen molar-refractivity contribution >= 4 is 23.4 Å². The molecule has 1 aliphatic rings. The Labute approximate surface area is 140 Å². The number of nitrogens with one attached hydrogen (secondary N) is 1. The molecule has 126 valence electrons. The lowest BCUT2D eigenvalue weighted by atomic mass is 9.97. The van der Waals surface area contributed by atoms with E-state index in [-0.39, 0.29) is 5.92 Å². The van der Waals surface area contributed by atoms with Gasteiger partial charge in [-0.2, -0.15) is 4.98 Å². The van der Waals surface area contributed by atoms with Crippen LogP contribution in [-0.2, 0) is 4.79 Å². The van der Waals surface area contributed by atoms with Crippen LogP contribution in [0.3, 0.4) is 0 Å². The number of aromatic nitrogens is 2. The maximum atomic E-state index is 11.0. The molecule has 0 bridgehead atoms. The maximum Gasteiger partial charge on any atom is 0.306 e. The summed E-state index contributed by atoms with van der Waals surface area (Å²) in [6.07, 6.45) is 2.96. The van der Waals surface area contributed by atoms with Crippen LogP contribution in [0.5, 0.6) is 5.75 Å². The van der Waals surface area contributed by atoms with E-state index in [1.54, 1.807) is 13.3 Å². The Balaban J connectivity index is 1.72. The zero-order valence-electron chi connectivity index (χ0n) is 13.5. The molecule has 2 heterocycles. The number of anilines is 3. The summed E-state index contributed by atoms with van der Waals surface area (Å²) in [7, 11) is 1.62. The van der Waals surface area contributed by atoms with Crippen molar-refractivity contribution in [2.75, 3.05) is 30.4 Å². The third kappa shape index (κ3) is 3.56. The van der Waals surface area contributed by atoms with Crippen LogP contribution in [0.4, 0.5) is 17.5 Å². The summed E-state index contributed by atoms with van der Waals surface area (Å²) in [6.45, 7) is 1.37. The molecule has 0 amide bonds. The van der Waals surface area contributed by atoms with Crippen molar-refractivity contribution in [2.24, 2.45) is 5.92 Å². The number of piperidine rings is 1. The number of ether oxygens (including phenoxy) is 1. The fraction of sp³-hybridized carbons (Fsp3) is 0.353. The molecule has 0 saturated carbocycles. The first-order valence-electron chi connectivity index (χ1n) is 7.88. The fourth-order valence-corrected chi connectivity index (χ4v) is 2.81. The van der Waals surface area contributed by atoms with E-state index < -0.39 is 5.97 Å². The monoisotopic (exact) mass is 328 g/mol. The van der Waals surface area contributed by atoms with Crippen LogP contribution in [-0.4, -0.2) is 41.2 Å². The van der Waals surface area contributed by atoms with Gasteiger partial charge in [0.05, 0.1) is 18.7 Å². The van der Waals surface area contributed by atoms with Crippen LogP contribution in [0.15, 0.2) is 36.5 Å². The molecule has 7 heteroatoms.